The quantitative estimate of drug-likeness (QED) is 0.375. The highest BCUT2D eigenvalue weighted by atomic mass is 35.5. The number of benzene rings is 2. The Kier molecular flexibility index (Phi) is 6.49. The van der Waals surface area contributed by atoms with Crippen LogP contribution in [0.1, 0.15) is 16.7 Å². The van der Waals surface area contributed by atoms with Crippen molar-refractivity contribution in [3.05, 3.63) is 63.7 Å². The first-order valence-corrected chi connectivity index (χ1v) is 9.69. The largest absolute Gasteiger partial charge is 0.482 e. The zero-order valence-corrected chi connectivity index (χ0v) is 17.7. The first-order chi connectivity index (χ1) is 14.2. The molecule has 0 atom stereocenters. The lowest BCUT2D eigenvalue weighted by Crippen LogP contribution is -2.51. The maximum Gasteiger partial charge on any atom is 0.263 e. The van der Waals surface area contributed by atoms with E-state index in [1.54, 1.807) is 12.1 Å². The highest BCUT2D eigenvalue weighted by Crippen LogP contribution is 2.27. The van der Waals surface area contributed by atoms with Gasteiger partial charge in [0.25, 0.3) is 17.7 Å². The van der Waals surface area contributed by atoms with Crippen molar-refractivity contribution in [1.29, 1.82) is 0 Å². The minimum Gasteiger partial charge on any atom is -0.482 e. The topological polar surface area (TPSA) is 96.5 Å². The van der Waals surface area contributed by atoms with Crippen LogP contribution in [0.2, 0.25) is 5.02 Å². The second kappa shape index (κ2) is 9.06. The molecule has 7 nitrogen and oxygen atoms in total. The van der Waals surface area contributed by atoms with E-state index in [2.05, 4.69) is 16.0 Å². The average molecular weight is 444 g/mol. The molecule has 0 radical (unpaired) electrons. The van der Waals surface area contributed by atoms with Gasteiger partial charge in [-0.15, -0.1) is 0 Å². The second-order valence-corrected chi connectivity index (χ2v) is 7.46. The lowest BCUT2D eigenvalue weighted by atomic mass is 10.1. The number of aryl methyl sites for hydroxylation is 2. The van der Waals surface area contributed by atoms with Gasteiger partial charge in [-0.2, -0.15) is 0 Å². The summed E-state index contributed by atoms with van der Waals surface area (Å²) in [7, 11) is 0. The summed E-state index contributed by atoms with van der Waals surface area (Å²) in [6.45, 7) is 3.66. The Bertz CT molecular complexity index is 1080. The molecule has 30 heavy (non-hydrogen) atoms. The van der Waals surface area contributed by atoms with Gasteiger partial charge in [-0.1, -0.05) is 35.4 Å². The van der Waals surface area contributed by atoms with Gasteiger partial charge < -0.3 is 10.1 Å². The van der Waals surface area contributed by atoms with Gasteiger partial charge in [0, 0.05) is 5.69 Å². The number of hydrogen-bond donors (Lipinski definition) is 3. The number of rotatable bonds is 5. The number of amides is 3. The Balaban J connectivity index is 1.65. The Labute approximate surface area is 183 Å². The molecule has 0 aromatic heterocycles. The molecule has 0 bridgehead atoms. The third kappa shape index (κ3) is 5.22. The summed E-state index contributed by atoms with van der Waals surface area (Å²) in [4.78, 5) is 36.0. The van der Waals surface area contributed by atoms with Crippen LogP contribution in [0.25, 0.3) is 6.08 Å². The molecular formula is C21H18ClN3O4S. The van der Waals surface area contributed by atoms with E-state index in [0.717, 1.165) is 11.1 Å². The van der Waals surface area contributed by atoms with E-state index in [-0.39, 0.29) is 28.2 Å². The monoisotopic (exact) mass is 443 g/mol. The van der Waals surface area contributed by atoms with E-state index in [1.165, 1.54) is 12.1 Å². The highest BCUT2D eigenvalue weighted by molar-refractivity contribution is 7.80. The molecule has 1 saturated heterocycles. The van der Waals surface area contributed by atoms with E-state index >= 15 is 0 Å². The van der Waals surface area contributed by atoms with E-state index in [4.69, 9.17) is 28.6 Å². The minimum atomic E-state index is -0.594. The Morgan fingerprint density at radius 3 is 2.47 bits per heavy atom. The van der Waals surface area contributed by atoms with E-state index < -0.39 is 11.8 Å². The minimum absolute atomic E-state index is 0.0389. The molecular weight excluding hydrogens is 426 g/mol. The highest BCUT2D eigenvalue weighted by Gasteiger charge is 2.25. The first-order valence-electron chi connectivity index (χ1n) is 8.91. The van der Waals surface area contributed by atoms with E-state index in [9.17, 15) is 14.4 Å². The van der Waals surface area contributed by atoms with Crippen LogP contribution >= 0.6 is 23.8 Å². The van der Waals surface area contributed by atoms with Crippen molar-refractivity contribution in [3.63, 3.8) is 0 Å². The van der Waals surface area contributed by atoms with Crippen LogP contribution in [0.3, 0.4) is 0 Å². The number of anilines is 1. The predicted octanol–water partition coefficient (Wildman–Crippen LogP) is 2.89. The van der Waals surface area contributed by atoms with Gasteiger partial charge in [-0.25, -0.2) is 0 Å². The molecule has 2 aromatic rings. The molecule has 0 aliphatic carbocycles. The molecule has 3 rings (SSSR count). The van der Waals surface area contributed by atoms with Crippen LogP contribution in [-0.2, 0) is 14.4 Å². The van der Waals surface area contributed by atoms with Crippen molar-refractivity contribution in [2.45, 2.75) is 13.8 Å². The van der Waals surface area contributed by atoms with Gasteiger partial charge in [-0.05, 0) is 61.5 Å². The molecule has 1 aliphatic rings. The van der Waals surface area contributed by atoms with Crippen molar-refractivity contribution < 1.29 is 19.1 Å². The number of hydrogen-bond acceptors (Lipinski definition) is 5. The Morgan fingerprint density at radius 2 is 1.83 bits per heavy atom. The van der Waals surface area contributed by atoms with Crippen LogP contribution in [0, 0.1) is 13.8 Å². The predicted molar refractivity (Wildman–Crippen MR) is 118 cm³/mol. The van der Waals surface area contributed by atoms with Gasteiger partial charge in [-0.3, -0.25) is 25.0 Å². The summed E-state index contributed by atoms with van der Waals surface area (Å²) < 4.78 is 5.50. The smallest absolute Gasteiger partial charge is 0.263 e. The Hall–Kier alpha value is -3.23. The van der Waals surface area contributed by atoms with E-state index in [0.29, 0.717) is 17.0 Å². The zero-order valence-electron chi connectivity index (χ0n) is 16.2. The normalized spacial score (nSPS) is 13.4. The molecule has 1 fully saturated rings. The molecule has 0 saturated carbocycles. The molecule has 3 amide bonds. The van der Waals surface area contributed by atoms with Gasteiger partial charge in [0.05, 0.1) is 5.02 Å². The van der Waals surface area contributed by atoms with Crippen LogP contribution in [0.5, 0.6) is 5.75 Å². The van der Waals surface area contributed by atoms with Crippen LogP contribution in [0.15, 0.2) is 42.0 Å². The lowest BCUT2D eigenvalue weighted by Gasteiger charge is -2.16. The third-order valence-corrected chi connectivity index (χ3v) is 4.72. The molecule has 1 aliphatic heterocycles. The standard InChI is InChI=1S/C21H18ClN3O4S/c1-11-3-5-16(12(2)7-11)23-18(26)10-29-17-6-4-13(9-15(17)22)8-14-19(27)24-21(30)25-20(14)28/h3-9H,10H2,1-2H3,(H,23,26)(H2,24,25,27,28,30). The molecule has 2 aromatic carbocycles. The van der Waals surface area contributed by atoms with Crippen molar-refractivity contribution in [1.82, 2.24) is 10.6 Å². The van der Waals surface area contributed by atoms with Crippen molar-refractivity contribution in [2.24, 2.45) is 0 Å². The van der Waals surface area contributed by atoms with Crippen molar-refractivity contribution in [3.8, 4) is 5.75 Å². The lowest BCUT2D eigenvalue weighted by molar-refractivity contribution is -0.123. The van der Waals surface area contributed by atoms with Gasteiger partial charge in [0.15, 0.2) is 11.7 Å². The number of nitrogens with one attached hydrogen (secondary N) is 3. The van der Waals surface area contributed by atoms with Crippen molar-refractivity contribution in [2.75, 3.05) is 11.9 Å². The third-order valence-electron chi connectivity index (χ3n) is 4.23. The van der Waals surface area contributed by atoms with Crippen LogP contribution in [0.4, 0.5) is 5.69 Å². The summed E-state index contributed by atoms with van der Waals surface area (Å²) >= 11 is 11.0. The molecule has 9 heteroatoms. The molecule has 1 heterocycles. The van der Waals surface area contributed by atoms with E-state index in [1.807, 2.05) is 32.0 Å². The fourth-order valence-electron chi connectivity index (χ4n) is 2.78. The maximum atomic E-state index is 12.2. The fraction of sp³-hybridized carbons (Fsp3) is 0.143. The summed E-state index contributed by atoms with van der Waals surface area (Å²) in [6, 6.07) is 10.4. The number of thiocarbonyl (C=S) groups is 1. The first kappa shape index (κ1) is 21.5. The fourth-order valence-corrected chi connectivity index (χ4v) is 3.21. The van der Waals surface area contributed by atoms with Gasteiger partial charge in [0.2, 0.25) is 0 Å². The average Bonchev–Trinajstić information content (AvgIpc) is 2.66. The zero-order chi connectivity index (χ0) is 21.8. The Morgan fingerprint density at radius 1 is 1.13 bits per heavy atom. The number of carbonyl (C=O) groups is 3. The number of ether oxygens (including phenoxy) is 1. The summed E-state index contributed by atoms with van der Waals surface area (Å²) in [6.07, 6.45) is 1.38. The number of carbonyl (C=O) groups excluding carboxylic acids is 3. The number of halogens is 1. The van der Waals surface area contributed by atoms with Crippen LogP contribution < -0.4 is 20.7 Å². The molecule has 0 spiro atoms. The molecule has 0 unspecified atom stereocenters. The van der Waals surface area contributed by atoms with Gasteiger partial charge in [0.1, 0.15) is 11.3 Å². The van der Waals surface area contributed by atoms with Crippen LogP contribution in [-0.4, -0.2) is 29.4 Å². The maximum absolute atomic E-state index is 12.2. The summed E-state index contributed by atoms with van der Waals surface area (Å²) in [5, 5.41) is 7.70. The molecule has 154 valence electrons. The van der Waals surface area contributed by atoms with Crippen molar-refractivity contribution >= 4 is 58.4 Å². The van der Waals surface area contributed by atoms with Gasteiger partial charge >= 0.3 is 0 Å². The molecule has 3 N–H and O–H groups in total. The SMILES string of the molecule is Cc1ccc(NC(=O)COc2ccc(C=C3C(=O)NC(=S)NC3=O)cc2Cl)c(C)c1. The summed E-state index contributed by atoms with van der Waals surface area (Å²) in [5.41, 5.74) is 3.19. The second-order valence-electron chi connectivity index (χ2n) is 6.64. The summed E-state index contributed by atoms with van der Waals surface area (Å²) in [5.74, 6) is -1.21.